The van der Waals surface area contributed by atoms with Gasteiger partial charge in [0.15, 0.2) is 0 Å². The molecule has 2 aliphatic heterocycles. The maximum Gasteiger partial charge on any atom is 0.335 e. The molecule has 2 aromatic carbocycles. The Labute approximate surface area is 199 Å². The Morgan fingerprint density at radius 3 is 2.09 bits per heavy atom. The first-order valence-corrected chi connectivity index (χ1v) is 13.5. The lowest BCUT2D eigenvalue weighted by Gasteiger charge is -2.46. The lowest BCUT2D eigenvalue weighted by molar-refractivity contribution is 0.0579. The molecule has 1 N–H and O–H groups in total. The summed E-state index contributed by atoms with van der Waals surface area (Å²) < 4.78 is 24.4. The van der Waals surface area contributed by atoms with Crippen LogP contribution in [0.3, 0.4) is 0 Å². The van der Waals surface area contributed by atoms with Gasteiger partial charge in [-0.1, -0.05) is 18.2 Å². The van der Waals surface area contributed by atoms with Gasteiger partial charge >= 0.3 is 5.97 Å². The molecule has 0 unspecified atom stereocenters. The fourth-order valence-electron chi connectivity index (χ4n) is 4.89. The molecule has 2 fully saturated rings. The van der Waals surface area contributed by atoms with E-state index in [1.165, 1.54) is 16.2 Å². The van der Waals surface area contributed by atoms with E-state index in [-0.39, 0.29) is 5.56 Å². The van der Waals surface area contributed by atoms with Crippen molar-refractivity contribution in [3.63, 3.8) is 0 Å². The van der Waals surface area contributed by atoms with Crippen LogP contribution in [-0.2, 0) is 16.0 Å². The number of morpholine rings is 2. The van der Waals surface area contributed by atoms with E-state index in [4.69, 9.17) is 14.2 Å². The van der Waals surface area contributed by atoms with Gasteiger partial charge in [0.05, 0.1) is 37.7 Å². The third-order valence-electron chi connectivity index (χ3n) is 6.56. The highest BCUT2D eigenvalue weighted by atomic mass is 31.2. The summed E-state index contributed by atoms with van der Waals surface area (Å²) in [4.78, 5) is 11.4. The molecule has 9 heteroatoms. The van der Waals surface area contributed by atoms with Crippen LogP contribution < -0.4 is 5.30 Å². The third-order valence-corrected chi connectivity index (χ3v) is 10.5. The maximum atomic E-state index is 11.4. The molecule has 0 radical (unpaired) electrons. The van der Waals surface area contributed by atoms with Crippen molar-refractivity contribution in [2.45, 2.75) is 13.5 Å². The number of hydrogen-bond acceptors (Lipinski definition) is 4. The molecule has 3 heterocycles. The summed E-state index contributed by atoms with van der Waals surface area (Å²) in [6.07, 6.45) is 2.29. The monoisotopic (exact) mass is 482 g/mol. The Balaban J connectivity index is 1.80. The maximum absolute atomic E-state index is 11.4. The highest BCUT2D eigenvalue weighted by molar-refractivity contribution is 7.70. The molecule has 0 saturated carbocycles. The predicted octanol–water partition coefficient (Wildman–Crippen LogP) is 4.01. The van der Waals surface area contributed by atoms with Crippen molar-refractivity contribution in [2.75, 3.05) is 52.6 Å². The van der Waals surface area contributed by atoms with Gasteiger partial charge in [-0.2, -0.15) is 0 Å². The molecule has 5 rings (SSSR count). The minimum Gasteiger partial charge on any atom is -0.478 e. The van der Waals surface area contributed by atoms with Crippen molar-refractivity contribution in [3.8, 4) is 0 Å². The molecule has 2 aliphatic rings. The van der Waals surface area contributed by atoms with Crippen molar-refractivity contribution in [1.82, 2.24) is 13.9 Å². The summed E-state index contributed by atoms with van der Waals surface area (Å²) in [6, 6.07) is 15.5. The van der Waals surface area contributed by atoms with Crippen molar-refractivity contribution in [3.05, 3.63) is 60.3 Å². The number of hydrogen-bond donors (Lipinski definition) is 1. The molecule has 0 bridgehead atoms. The number of fused-ring (bicyclic) bond motifs is 1. The number of ether oxygens (including phenoxy) is 2. The van der Waals surface area contributed by atoms with Gasteiger partial charge in [0.2, 0.25) is 0 Å². The van der Waals surface area contributed by atoms with Gasteiger partial charge in [-0.3, -0.25) is 0 Å². The van der Waals surface area contributed by atoms with Gasteiger partial charge in [-0.25, -0.2) is 18.9 Å². The highest BCUT2D eigenvalue weighted by Gasteiger charge is 2.40. The molecular weight excluding hydrogens is 451 g/mol. The van der Waals surface area contributed by atoms with Gasteiger partial charge in [-0.05, 0) is 37.3 Å². The normalized spacial score (nSPS) is 18.3. The highest BCUT2D eigenvalue weighted by Crippen LogP contribution is 2.59. The predicted molar refractivity (Wildman–Crippen MR) is 134 cm³/mol. The quantitative estimate of drug-likeness (QED) is 0.535. The fraction of sp³-hybridized carbons (Fsp3) is 0.400. The number of carbonyl (C=O) groups is 1. The van der Waals surface area contributed by atoms with Crippen molar-refractivity contribution in [2.24, 2.45) is 4.74 Å². The van der Waals surface area contributed by atoms with Crippen molar-refractivity contribution < 1.29 is 19.4 Å². The minimum absolute atomic E-state index is 0.267. The Morgan fingerprint density at radius 1 is 0.941 bits per heavy atom. The smallest absolute Gasteiger partial charge is 0.335 e. The SMILES string of the molecule is CCn1cc(P(=Nc2ccc(C(=O)O)cc2)(N2CCOCC2)N2CCOCC2)c2ccccc21. The molecule has 3 aromatic rings. The summed E-state index contributed by atoms with van der Waals surface area (Å²) in [5, 5.41) is 11.8. The van der Waals surface area contributed by atoms with E-state index in [0.717, 1.165) is 38.4 Å². The number of nitrogens with zero attached hydrogens (tertiary/aromatic N) is 4. The van der Waals surface area contributed by atoms with Crippen molar-refractivity contribution >= 4 is 35.2 Å². The van der Waals surface area contributed by atoms with E-state index in [9.17, 15) is 9.90 Å². The second-order valence-corrected chi connectivity index (χ2v) is 11.4. The van der Waals surface area contributed by atoms with E-state index < -0.39 is 13.3 Å². The van der Waals surface area contributed by atoms with Crippen LogP contribution in [0, 0.1) is 0 Å². The molecule has 0 spiro atoms. The van der Waals surface area contributed by atoms with Gasteiger partial charge in [-0.15, -0.1) is 0 Å². The van der Waals surface area contributed by atoms with E-state index >= 15 is 0 Å². The molecule has 1 aromatic heterocycles. The second-order valence-electron chi connectivity index (χ2n) is 8.47. The first-order valence-electron chi connectivity index (χ1n) is 11.8. The number of aromatic nitrogens is 1. The first-order chi connectivity index (χ1) is 16.6. The van der Waals surface area contributed by atoms with Crippen LogP contribution in [0.15, 0.2) is 59.5 Å². The Kier molecular flexibility index (Phi) is 6.86. The molecule has 180 valence electrons. The summed E-state index contributed by atoms with van der Waals surface area (Å²) >= 11 is 0. The first kappa shape index (κ1) is 23.3. The van der Waals surface area contributed by atoms with E-state index in [0.29, 0.717) is 26.4 Å². The third kappa shape index (κ3) is 4.21. The van der Waals surface area contributed by atoms with Crippen molar-refractivity contribution in [1.29, 1.82) is 0 Å². The van der Waals surface area contributed by atoms with Gasteiger partial charge < -0.3 is 19.1 Å². The van der Waals surface area contributed by atoms with E-state index in [2.05, 4.69) is 51.3 Å². The van der Waals surface area contributed by atoms with Gasteiger partial charge in [0.1, 0.15) is 7.36 Å². The summed E-state index contributed by atoms with van der Waals surface area (Å²) in [5.41, 5.74) is 2.27. The zero-order chi connectivity index (χ0) is 23.5. The summed E-state index contributed by atoms with van der Waals surface area (Å²) in [5.74, 6) is -0.931. The Hall–Kier alpha value is -2.48. The number of carboxylic acid groups (broad SMARTS) is 1. The molecule has 0 amide bonds. The largest absolute Gasteiger partial charge is 0.478 e. The van der Waals surface area contributed by atoms with Gasteiger partial charge in [0, 0.05) is 55.1 Å². The van der Waals surface area contributed by atoms with E-state index in [1.807, 2.05) is 12.1 Å². The molecular formula is C25H31N4O4P. The lowest BCUT2D eigenvalue weighted by Crippen LogP contribution is -2.46. The zero-order valence-corrected chi connectivity index (χ0v) is 20.4. The topological polar surface area (TPSA) is 79.5 Å². The Morgan fingerprint density at radius 2 is 1.53 bits per heavy atom. The number of benzene rings is 2. The number of rotatable bonds is 6. The Bertz CT molecular complexity index is 1190. The molecule has 0 aliphatic carbocycles. The van der Waals surface area contributed by atoms with E-state index in [1.54, 1.807) is 12.1 Å². The average molecular weight is 483 g/mol. The van der Waals surface area contributed by atoms with Crippen LogP contribution >= 0.6 is 7.36 Å². The molecule has 2 saturated heterocycles. The number of aryl methyl sites for hydroxylation is 1. The van der Waals surface area contributed by atoms with Gasteiger partial charge in [0.25, 0.3) is 0 Å². The van der Waals surface area contributed by atoms with Crippen LogP contribution in [0.4, 0.5) is 5.69 Å². The number of aromatic carboxylic acids is 1. The van der Waals surface area contributed by atoms with Crippen LogP contribution in [-0.4, -0.2) is 77.6 Å². The number of para-hydroxylation sites is 1. The van der Waals surface area contributed by atoms with Crippen LogP contribution in [0.5, 0.6) is 0 Å². The zero-order valence-electron chi connectivity index (χ0n) is 19.5. The molecule has 34 heavy (non-hydrogen) atoms. The van der Waals surface area contributed by atoms with Crippen LogP contribution in [0.2, 0.25) is 0 Å². The fourth-order valence-corrected chi connectivity index (χ4v) is 8.92. The standard InChI is InChI=1S/C25H31N4O4P/c1-2-27-19-24(22-5-3-4-6-23(22)27)34(28-11-15-32-16-12-28,29-13-17-33-18-14-29)26-21-9-7-20(8-10-21)25(30)31/h3-10,19H,2,11-18H2,1H3,(H,30,31). The molecule has 8 nitrogen and oxygen atoms in total. The molecule has 0 atom stereocenters. The summed E-state index contributed by atoms with van der Waals surface area (Å²) in [7, 11) is -2.43. The number of carboxylic acids is 1. The second kappa shape index (κ2) is 10.0. The van der Waals surface area contributed by atoms with Crippen LogP contribution in [0.25, 0.3) is 10.9 Å². The summed E-state index contributed by atoms with van der Waals surface area (Å²) in [6.45, 7) is 8.93. The minimum atomic E-state index is -2.43. The van der Waals surface area contributed by atoms with Crippen LogP contribution in [0.1, 0.15) is 17.3 Å². The average Bonchev–Trinajstić information content (AvgIpc) is 3.28. The lowest BCUT2D eigenvalue weighted by atomic mass is 10.2.